The highest BCUT2D eigenvalue weighted by Crippen LogP contribution is 2.31. The van der Waals surface area contributed by atoms with Crippen molar-refractivity contribution in [2.75, 3.05) is 0 Å². The molecule has 0 bridgehead atoms. The number of hydrogen-bond donors (Lipinski definition) is 1. The molecule has 1 aromatic rings. The average molecular weight is 262 g/mol. The molecule has 0 heterocycles. The van der Waals surface area contributed by atoms with Gasteiger partial charge in [-0.15, -0.1) is 0 Å². The monoisotopic (exact) mass is 262 g/mol. The lowest BCUT2D eigenvalue weighted by atomic mass is 9.85. The molecule has 0 atom stereocenters. The Balaban J connectivity index is 2.76. The van der Waals surface area contributed by atoms with Crippen LogP contribution in [0.3, 0.4) is 0 Å². The second kappa shape index (κ2) is 6.74. The maximum atomic E-state index is 12.1. The van der Waals surface area contributed by atoms with Gasteiger partial charge in [0.05, 0.1) is 0 Å². The van der Waals surface area contributed by atoms with Gasteiger partial charge >= 0.3 is 0 Å². The third-order valence-electron chi connectivity index (χ3n) is 3.38. The van der Waals surface area contributed by atoms with Gasteiger partial charge in [-0.25, -0.2) is 0 Å². The van der Waals surface area contributed by atoms with E-state index in [4.69, 9.17) is 0 Å². The third-order valence-corrected chi connectivity index (χ3v) is 3.38. The maximum absolute atomic E-state index is 12.1. The molecule has 0 aromatic heterocycles. The van der Waals surface area contributed by atoms with Crippen LogP contribution in [0.1, 0.15) is 75.7 Å². The number of phenolic OH excluding ortho intramolecular Hbond substituents is 1. The fourth-order valence-electron chi connectivity index (χ4n) is 2.17. The summed E-state index contributed by atoms with van der Waals surface area (Å²) < 4.78 is 0. The normalized spacial score (nSPS) is 11.6. The van der Waals surface area contributed by atoms with Crippen molar-refractivity contribution in [1.82, 2.24) is 0 Å². The van der Waals surface area contributed by atoms with Gasteiger partial charge in [0, 0.05) is 12.0 Å². The number of hydrogen-bond acceptors (Lipinski definition) is 2. The Hall–Kier alpha value is -1.31. The molecule has 106 valence electrons. The van der Waals surface area contributed by atoms with Gasteiger partial charge in [0.15, 0.2) is 5.78 Å². The van der Waals surface area contributed by atoms with Gasteiger partial charge < -0.3 is 5.11 Å². The SMILES string of the molecule is CCCCCCC(=O)c1ccc(O)c(C(C)(C)C)c1. The molecule has 0 radical (unpaired) electrons. The highest BCUT2D eigenvalue weighted by molar-refractivity contribution is 5.96. The third kappa shape index (κ3) is 4.70. The molecule has 0 fully saturated rings. The van der Waals surface area contributed by atoms with Crippen molar-refractivity contribution >= 4 is 5.78 Å². The summed E-state index contributed by atoms with van der Waals surface area (Å²) in [5.41, 5.74) is 1.41. The number of carbonyl (C=O) groups is 1. The number of benzene rings is 1. The fraction of sp³-hybridized carbons (Fsp3) is 0.588. The van der Waals surface area contributed by atoms with Gasteiger partial charge in [-0.3, -0.25) is 4.79 Å². The van der Waals surface area contributed by atoms with Crippen molar-refractivity contribution in [3.63, 3.8) is 0 Å². The summed E-state index contributed by atoms with van der Waals surface area (Å²) >= 11 is 0. The summed E-state index contributed by atoms with van der Waals surface area (Å²) in [5, 5.41) is 9.89. The lowest BCUT2D eigenvalue weighted by molar-refractivity contribution is 0.0979. The summed E-state index contributed by atoms with van der Waals surface area (Å²) in [6.45, 7) is 8.28. The average Bonchev–Trinajstić information content (AvgIpc) is 2.33. The molecule has 1 N–H and O–H groups in total. The second-order valence-corrected chi connectivity index (χ2v) is 6.22. The number of unbranched alkanes of at least 4 members (excludes halogenated alkanes) is 3. The molecule has 1 aromatic carbocycles. The van der Waals surface area contributed by atoms with Crippen LogP contribution >= 0.6 is 0 Å². The van der Waals surface area contributed by atoms with Gasteiger partial charge in [-0.05, 0) is 35.6 Å². The fourth-order valence-corrected chi connectivity index (χ4v) is 2.17. The molecule has 0 aliphatic heterocycles. The van der Waals surface area contributed by atoms with Gasteiger partial charge in [0.2, 0.25) is 0 Å². The minimum atomic E-state index is -0.150. The zero-order valence-electron chi connectivity index (χ0n) is 12.6. The predicted molar refractivity (Wildman–Crippen MR) is 79.9 cm³/mol. The van der Waals surface area contributed by atoms with Crippen LogP contribution in [0, 0.1) is 0 Å². The van der Waals surface area contributed by atoms with Crippen LogP contribution < -0.4 is 0 Å². The van der Waals surface area contributed by atoms with Crippen molar-refractivity contribution in [1.29, 1.82) is 0 Å². The van der Waals surface area contributed by atoms with Crippen LogP contribution in [-0.2, 0) is 5.41 Å². The first kappa shape index (κ1) is 15.7. The quantitative estimate of drug-likeness (QED) is 0.588. The van der Waals surface area contributed by atoms with Gasteiger partial charge in [0.25, 0.3) is 0 Å². The highest BCUT2D eigenvalue weighted by Gasteiger charge is 2.19. The van der Waals surface area contributed by atoms with Crippen LogP contribution in [-0.4, -0.2) is 10.9 Å². The Labute approximate surface area is 116 Å². The minimum Gasteiger partial charge on any atom is -0.508 e. The van der Waals surface area contributed by atoms with Crippen LogP contribution in [0.5, 0.6) is 5.75 Å². The summed E-state index contributed by atoms with van der Waals surface area (Å²) in [6.07, 6.45) is 5.05. The van der Waals surface area contributed by atoms with Gasteiger partial charge in [-0.2, -0.15) is 0 Å². The minimum absolute atomic E-state index is 0.150. The number of rotatable bonds is 6. The van der Waals surface area contributed by atoms with E-state index in [-0.39, 0.29) is 16.9 Å². The van der Waals surface area contributed by atoms with E-state index in [0.717, 1.165) is 24.0 Å². The molecule has 2 heteroatoms. The summed E-state index contributed by atoms with van der Waals surface area (Å²) in [4.78, 5) is 12.1. The molecular weight excluding hydrogens is 236 g/mol. The lowest BCUT2D eigenvalue weighted by Gasteiger charge is -2.21. The molecule has 0 aliphatic carbocycles. The lowest BCUT2D eigenvalue weighted by Crippen LogP contribution is -2.12. The van der Waals surface area contributed by atoms with E-state index < -0.39 is 0 Å². The second-order valence-electron chi connectivity index (χ2n) is 6.22. The Bertz CT molecular complexity index is 427. The van der Waals surface area contributed by atoms with Gasteiger partial charge in [0.1, 0.15) is 5.75 Å². The molecule has 0 aliphatic rings. The smallest absolute Gasteiger partial charge is 0.162 e. The largest absolute Gasteiger partial charge is 0.508 e. The van der Waals surface area contributed by atoms with Crippen LogP contribution in [0.25, 0.3) is 0 Å². The number of Topliss-reactive ketones (excluding diaryl/α,β-unsaturated/α-hetero) is 1. The first-order valence-electron chi connectivity index (χ1n) is 7.23. The first-order chi connectivity index (χ1) is 8.86. The van der Waals surface area contributed by atoms with E-state index in [0.29, 0.717) is 6.42 Å². The summed E-state index contributed by atoms with van der Waals surface area (Å²) in [6, 6.07) is 5.21. The van der Waals surface area contributed by atoms with E-state index in [9.17, 15) is 9.90 Å². The number of carbonyl (C=O) groups excluding carboxylic acids is 1. The Morgan fingerprint density at radius 2 is 1.84 bits per heavy atom. The Morgan fingerprint density at radius 3 is 2.42 bits per heavy atom. The summed E-state index contributed by atoms with van der Waals surface area (Å²) in [5.74, 6) is 0.455. The number of aromatic hydroxyl groups is 1. The van der Waals surface area contributed by atoms with E-state index in [1.54, 1.807) is 12.1 Å². The van der Waals surface area contributed by atoms with Gasteiger partial charge in [-0.1, -0.05) is 47.0 Å². The van der Waals surface area contributed by atoms with Crippen molar-refractivity contribution in [3.8, 4) is 5.75 Å². The van der Waals surface area contributed by atoms with Crippen molar-refractivity contribution in [2.45, 2.75) is 65.2 Å². The van der Waals surface area contributed by atoms with Crippen LogP contribution in [0.2, 0.25) is 0 Å². The first-order valence-corrected chi connectivity index (χ1v) is 7.23. The van der Waals surface area contributed by atoms with E-state index >= 15 is 0 Å². The standard InChI is InChI=1S/C17H26O2/c1-5-6-7-8-9-15(18)13-10-11-16(19)14(12-13)17(2,3)4/h10-12,19H,5-9H2,1-4H3. The number of ketones is 1. The van der Waals surface area contributed by atoms with Crippen molar-refractivity contribution in [3.05, 3.63) is 29.3 Å². The molecule has 0 saturated heterocycles. The van der Waals surface area contributed by atoms with Crippen LogP contribution in [0.4, 0.5) is 0 Å². The van der Waals surface area contributed by atoms with Crippen molar-refractivity contribution < 1.29 is 9.90 Å². The molecular formula is C17H26O2. The van der Waals surface area contributed by atoms with E-state index in [1.807, 2.05) is 26.8 Å². The summed E-state index contributed by atoms with van der Waals surface area (Å²) in [7, 11) is 0. The zero-order chi connectivity index (χ0) is 14.5. The molecule has 2 nitrogen and oxygen atoms in total. The van der Waals surface area contributed by atoms with Crippen molar-refractivity contribution in [2.24, 2.45) is 0 Å². The molecule has 0 spiro atoms. The number of phenols is 1. The predicted octanol–water partition coefficient (Wildman–Crippen LogP) is 4.84. The van der Waals surface area contributed by atoms with Crippen LogP contribution in [0.15, 0.2) is 18.2 Å². The Kier molecular flexibility index (Phi) is 5.59. The maximum Gasteiger partial charge on any atom is 0.162 e. The zero-order valence-corrected chi connectivity index (χ0v) is 12.6. The Morgan fingerprint density at radius 1 is 1.16 bits per heavy atom. The molecule has 0 saturated carbocycles. The molecule has 0 unspecified atom stereocenters. The van der Waals surface area contributed by atoms with E-state index in [1.165, 1.54) is 12.8 Å². The van der Waals surface area contributed by atoms with E-state index in [2.05, 4.69) is 6.92 Å². The molecule has 19 heavy (non-hydrogen) atoms. The molecule has 0 amide bonds. The topological polar surface area (TPSA) is 37.3 Å². The highest BCUT2D eigenvalue weighted by atomic mass is 16.3. The molecule has 1 rings (SSSR count).